The van der Waals surface area contributed by atoms with Crippen LogP contribution in [0.3, 0.4) is 0 Å². The Kier molecular flexibility index (Phi) is 4.23. The molecule has 0 bridgehead atoms. The maximum absolute atomic E-state index is 12.7. The van der Waals surface area contributed by atoms with Crippen LogP contribution in [0.2, 0.25) is 0 Å². The lowest BCUT2D eigenvalue weighted by Crippen LogP contribution is -2.55. The van der Waals surface area contributed by atoms with E-state index in [4.69, 9.17) is 4.74 Å². The first-order valence-electron chi connectivity index (χ1n) is 8.08. The van der Waals surface area contributed by atoms with Crippen LogP contribution in [0.1, 0.15) is 26.7 Å². The molecule has 2 fully saturated rings. The number of aromatic nitrogens is 2. The summed E-state index contributed by atoms with van der Waals surface area (Å²) >= 11 is 0. The van der Waals surface area contributed by atoms with Crippen molar-refractivity contribution in [1.29, 1.82) is 0 Å². The summed E-state index contributed by atoms with van der Waals surface area (Å²) in [6.07, 6.45) is 7.39. The smallest absolute Gasteiger partial charge is 0.228 e. The molecular formula is C16H26N4O2. The Morgan fingerprint density at radius 2 is 2.09 bits per heavy atom. The van der Waals surface area contributed by atoms with E-state index in [-0.39, 0.29) is 16.9 Å². The van der Waals surface area contributed by atoms with Gasteiger partial charge in [0.1, 0.15) is 0 Å². The number of hydrogen-bond acceptors (Lipinski definition) is 4. The van der Waals surface area contributed by atoms with Crippen LogP contribution in [0.15, 0.2) is 18.7 Å². The average Bonchev–Trinajstić information content (AvgIpc) is 3.06. The predicted octanol–water partition coefficient (Wildman–Crippen LogP) is 0.890. The first kappa shape index (κ1) is 15.5. The first-order chi connectivity index (χ1) is 10.5. The Morgan fingerprint density at radius 3 is 2.68 bits per heavy atom. The molecule has 122 valence electrons. The molecule has 22 heavy (non-hydrogen) atoms. The van der Waals surface area contributed by atoms with E-state index >= 15 is 0 Å². The van der Waals surface area contributed by atoms with Crippen molar-refractivity contribution in [2.24, 2.45) is 5.41 Å². The second-order valence-corrected chi connectivity index (χ2v) is 7.24. The molecule has 0 radical (unpaired) electrons. The number of ether oxygens (including phenoxy) is 1. The van der Waals surface area contributed by atoms with Crippen LogP contribution in [0, 0.1) is 5.41 Å². The molecule has 1 saturated heterocycles. The lowest BCUT2D eigenvalue weighted by molar-refractivity contribution is -0.128. The second-order valence-electron chi connectivity index (χ2n) is 7.24. The molecule has 1 N–H and O–H groups in total. The number of amides is 1. The molecule has 1 aliphatic heterocycles. The number of nitrogens with zero attached hydrogens (tertiary/aromatic N) is 3. The normalized spacial score (nSPS) is 21.5. The van der Waals surface area contributed by atoms with Gasteiger partial charge in [0.15, 0.2) is 0 Å². The molecule has 0 atom stereocenters. The summed E-state index contributed by atoms with van der Waals surface area (Å²) in [7, 11) is 0. The van der Waals surface area contributed by atoms with Crippen LogP contribution in [0.4, 0.5) is 0 Å². The number of nitrogens with one attached hydrogen (secondary N) is 1. The second kappa shape index (κ2) is 6.01. The van der Waals surface area contributed by atoms with E-state index in [0.717, 1.165) is 52.2 Å². The molecule has 2 heterocycles. The van der Waals surface area contributed by atoms with E-state index in [1.165, 1.54) is 0 Å². The third-order valence-corrected chi connectivity index (χ3v) is 4.55. The maximum Gasteiger partial charge on any atom is 0.228 e. The Balaban J connectivity index is 1.55. The zero-order valence-electron chi connectivity index (χ0n) is 13.5. The first-order valence-corrected chi connectivity index (χ1v) is 8.08. The highest BCUT2D eigenvalue weighted by molar-refractivity contribution is 5.85. The van der Waals surface area contributed by atoms with Crippen LogP contribution in [-0.2, 0) is 16.1 Å². The Bertz CT molecular complexity index is 502. The quantitative estimate of drug-likeness (QED) is 0.848. The largest absolute Gasteiger partial charge is 0.379 e. The van der Waals surface area contributed by atoms with Crippen molar-refractivity contribution >= 4 is 5.91 Å². The third-order valence-electron chi connectivity index (χ3n) is 4.55. The third kappa shape index (κ3) is 3.67. The zero-order valence-corrected chi connectivity index (χ0v) is 13.5. The summed E-state index contributed by atoms with van der Waals surface area (Å²) in [5.41, 5.74) is -0.456. The van der Waals surface area contributed by atoms with E-state index in [2.05, 4.69) is 29.0 Å². The number of hydrogen-bond donors (Lipinski definition) is 1. The molecular weight excluding hydrogens is 280 g/mol. The van der Waals surface area contributed by atoms with Gasteiger partial charge in [-0.15, -0.1) is 0 Å². The fraction of sp³-hybridized carbons (Fsp3) is 0.750. The van der Waals surface area contributed by atoms with Crippen molar-refractivity contribution in [2.75, 3.05) is 32.8 Å². The summed E-state index contributed by atoms with van der Waals surface area (Å²) in [6.45, 7) is 9.26. The number of rotatable bonds is 6. The average molecular weight is 306 g/mol. The van der Waals surface area contributed by atoms with Crippen molar-refractivity contribution in [3.63, 3.8) is 0 Å². The Hall–Kier alpha value is -1.40. The van der Waals surface area contributed by atoms with E-state index in [1.54, 1.807) is 12.5 Å². The molecule has 6 nitrogen and oxygen atoms in total. The van der Waals surface area contributed by atoms with Crippen LogP contribution < -0.4 is 5.32 Å². The number of carbonyl (C=O) groups is 1. The Morgan fingerprint density at radius 1 is 1.36 bits per heavy atom. The molecule has 0 unspecified atom stereocenters. The Labute approximate surface area is 131 Å². The van der Waals surface area contributed by atoms with Gasteiger partial charge in [0.2, 0.25) is 5.91 Å². The van der Waals surface area contributed by atoms with E-state index in [9.17, 15) is 4.79 Å². The van der Waals surface area contributed by atoms with Gasteiger partial charge in [-0.1, -0.05) is 0 Å². The van der Waals surface area contributed by atoms with Crippen LogP contribution >= 0.6 is 0 Å². The van der Waals surface area contributed by atoms with E-state index in [0.29, 0.717) is 0 Å². The highest BCUT2D eigenvalue weighted by atomic mass is 16.5. The van der Waals surface area contributed by atoms with Crippen LogP contribution in [-0.4, -0.2) is 58.7 Å². The molecule has 6 heteroatoms. The van der Waals surface area contributed by atoms with Gasteiger partial charge in [0.25, 0.3) is 0 Å². The van der Waals surface area contributed by atoms with Crippen molar-refractivity contribution < 1.29 is 9.53 Å². The highest BCUT2D eigenvalue weighted by Gasteiger charge is 2.51. The topological polar surface area (TPSA) is 59.4 Å². The SMILES string of the molecule is CC(C)(CN1CCOCC1)NC(=O)C1(Cn2ccnc2)CC1. The molecule has 1 aromatic rings. The molecule has 1 aliphatic carbocycles. The maximum atomic E-state index is 12.7. The fourth-order valence-corrected chi connectivity index (χ4v) is 3.14. The standard InChI is InChI=1S/C16H26N4O2/c1-15(2,11-19-7-9-22-10-8-19)18-14(21)16(3-4-16)12-20-6-5-17-13-20/h5-6,13H,3-4,7-12H2,1-2H3,(H,18,21). The van der Waals surface area contributed by atoms with Gasteiger partial charge in [-0.2, -0.15) is 0 Å². The van der Waals surface area contributed by atoms with Crippen molar-refractivity contribution in [1.82, 2.24) is 19.8 Å². The van der Waals surface area contributed by atoms with Gasteiger partial charge in [-0.3, -0.25) is 9.69 Å². The molecule has 1 amide bonds. The molecule has 0 spiro atoms. The highest BCUT2D eigenvalue weighted by Crippen LogP contribution is 2.47. The van der Waals surface area contributed by atoms with Gasteiger partial charge < -0.3 is 14.6 Å². The summed E-state index contributed by atoms with van der Waals surface area (Å²) in [4.78, 5) is 19.1. The minimum absolute atomic E-state index is 0.180. The predicted molar refractivity (Wildman–Crippen MR) is 83.4 cm³/mol. The lowest BCUT2D eigenvalue weighted by Gasteiger charge is -2.36. The molecule has 1 aromatic heterocycles. The molecule has 3 rings (SSSR count). The fourth-order valence-electron chi connectivity index (χ4n) is 3.14. The van der Waals surface area contributed by atoms with Crippen molar-refractivity contribution in [3.8, 4) is 0 Å². The number of imidazole rings is 1. The van der Waals surface area contributed by atoms with Crippen LogP contribution in [0.25, 0.3) is 0 Å². The molecule has 0 aromatic carbocycles. The van der Waals surface area contributed by atoms with Crippen molar-refractivity contribution in [2.45, 2.75) is 38.8 Å². The minimum atomic E-state index is -0.233. The number of carbonyl (C=O) groups excluding carboxylic acids is 1. The summed E-state index contributed by atoms with van der Waals surface area (Å²) in [5, 5.41) is 3.26. The van der Waals surface area contributed by atoms with E-state index in [1.807, 2.05) is 10.8 Å². The zero-order chi connectivity index (χ0) is 15.6. The van der Waals surface area contributed by atoms with E-state index < -0.39 is 0 Å². The van der Waals surface area contributed by atoms with Gasteiger partial charge in [0.05, 0.1) is 25.0 Å². The lowest BCUT2D eigenvalue weighted by atomic mass is 10.00. The molecule has 1 saturated carbocycles. The van der Waals surface area contributed by atoms with Gasteiger partial charge >= 0.3 is 0 Å². The summed E-state index contributed by atoms with van der Waals surface area (Å²) in [6, 6.07) is 0. The minimum Gasteiger partial charge on any atom is -0.379 e. The van der Waals surface area contributed by atoms with Gasteiger partial charge in [-0.05, 0) is 26.7 Å². The monoisotopic (exact) mass is 306 g/mol. The van der Waals surface area contributed by atoms with Crippen LogP contribution in [0.5, 0.6) is 0 Å². The summed E-state index contributed by atoms with van der Waals surface area (Å²) < 4.78 is 7.38. The summed E-state index contributed by atoms with van der Waals surface area (Å²) in [5.74, 6) is 0.180. The van der Waals surface area contributed by atoms with Gasteiger partial charge in [0, 0.05) is 44.1 Å². The van der Waals surface area contributed by atoms with Crippen molar-refractivity contribution in [3.05, 3.63) is 18.7 Å². The number of morpholine rings is 1. The van der Waals surface area contributed by atoms with Gasteiger partial charge in [-0.25, -0.2) is 4.98 Å². The molecule has 2 aliphatic rings.